The van der Waals surface area contributed by atoms with Gasteiger partial charge in [-0.25, -0.2) is 0 Å². The molecule has 1 rings (SSSR count). The molecule has 1 aromatic carbocycles. The van der Waals surface area contributed by atoms with E-state index in [1.165, 1.54) is 12.1 Å². The lowest BCUT2D eigenvalue weighted by molar-refractivity contribution is -0.136. The van der Waals surface area contributed by atoms with Gasteiger partial charge in [-0.1, -0.05) is 26.0 Å². The number of hydrogen-bond acceptors (Lipinski definition) is 3. The highest BCUT2D eigenvalue weighted by atomic mass is 32.2. The molecule has 3 N–H and O–H groups in total. The average Bonchev–Trinajstić information content (AvgIpc) is 2.28. The number of anilines is 1. The smallest absolute Gasteiger partial charge is 0.307 e. The van der Waals surface area contributed by atoms with Crippen LogP contribution in [0.3, 0.4) is 0 Å². The molecule has 0 aliphatic rings. The standard InChI is InChI=1S/C12H18N2O4S/c1-9(2)8-13-19(17,18)14-11-5-3-10(4-6-11)7-12(15)16/h3-6,9,13-14H,7-8H2,1-2H3,(H,15,16). The fraction of sp³-hybridized carbons (Fsp3) is 0.417. The molecule has 0 unspecified atom stereocenters. The minimum Gasteiger partial charge on any atom is -0.481 e. The van der Waals surface area contributed by atoms with E-state index in [0.717, 1.165) is 0 Å². The number of hydrogen-bond donors (Lipinski definition) is 3. The Bertz CT molecular complexity index is 523. The molecule has 0 atom stereocenters. The maximum absolute atomic E-state index is 11.7. The van der Waals surface area contributed by atoms with Gasteiger partial charge in [-0.05, 0) is 23.6 Å². The SMILES string of the molecule is CC(C)CNS(=O)(=O)Nc1ccc(CC(=O)O)cc1. The second-order valence-corrected chi connectivity index (χ2v) is 6.11. The van der Waals surface area contributed by atoms with E-state index >= 15 is 0 Å². The first-order valence-electron chi connectivity index (χ1n) is 5.86. The van der Waals surface area contributed by atoms with Crippen molar-refractivity contribution < 1.29 is 18.3 Å². The van der Waals surface area contributed by atoms with Crippen molar-refractivity contribution in [3.05, 3.63) is 29.8 Å². The van der Waals surface area contributed by atoms with Crippen molar-refractivity contribution in [3.63, 3.8) is 0 Å². The number of benzene rings is 1. The van der Waals surface area contributed by atoms with E-state index < -0.39 is 16.2 Å². The Labute approximate surface area is 113 Å². The van der Waals surface area contributed by atoms with Crippen molar-refractivity contribution in [2.45, 2.75) is 20.3 Å². The van der Waals surface area contributed by atoms with Crippen LogP contribution >= 0.6 is 0 Å². The van der Waals surface area contributed by atoms with Gasteiger partial charge in [-0.2, -0.15) is 13.1 Å². The summed E-state index contributed by atoms with van der Waals surface area (Å²) in [5.74, 6) is -0.707. The summed E-state index contributed by atoms with van der Waals surface area (Å²) >= 11 is 0. The zero-order valence-electron chi connectivity index (χ0n) is 10.9. The second kappa shape index (κ2) is 6.53. The molecule has 0 saturated carbocycles. The maximum Gasteiger partial charge on any atom is 0.307 e. The minimum atomic E-state index is -3.58. The Morgan fingerprint density at radius 2 is 1.84 bits per heavy atom. The summed E-state index contributed by atoms with van der Waals surface area (Å²) in [6.07, 6.45) is -0.0847. The van der Waals surface area contributed by atoms with Gasteiger partial charge < -0.3 is 5.11 Å². The first-order chi connectivity index (χ1) is 8.78. The Balaban J connectivity index is 2.64. The summed E-state index contributed by atoms with van der Waals surface area (Å²) in [5, 5.41) is 8.62. The van der Waals surface area contributed by atoms with E-state index in [1.54, 1.807) is 12.1 Å². The molecular weight excluding hydrogens is 268 g/mol. The van der Waals surface area contributed by atoms with Crippen molar-refractivity contribution in [1.82, 2.24) is 4.72 Å². The van der Waals surface area contributed by atoms with Crippen LogP contribution in [0, 0.1) is 5.92 Å². The lowest BCUT2D eigenvalue weighted by Crippen LogP contribution is -2.32. The molecule has 0 amide bonds. The van der Waals surface area contributed by atoms with Crippen molar-refractivity contribution in [1.29, 1.82) is 0 Å². The van der Waals surface area contributed by atoms with Gasteiger partial charge in [0.2, 0.25) is 0 Å². The van der Waals surface area contributed by atoms with Crippen molar-refractivity contribution in [2.24, 2.45) is 5.92 Å². The van der Waals surface area contributed by atoms with Gasteiger partial charge in [-0.15, -0.1) is 0 Å². The molecule has 106 valence electrons. The summed E-state index contributed by atoms with van der Waals surface area (Å²) in [5.41, 5.74) is 1.01. The molecule has 0 heterocycles. The number of rotatable bonds is 7. The number of carboxylic acid groups (broad SMARTS) is 1. The fourth-order valence-electron chi connectivity index (χ4n) is 1.33. The summed E-state index contributed by atoms with van der Waals surface area (Å²) in [7, 11) is -3.58. The van der Waals surface area contributed by atoms with Crippen molar-refractivity contribution in [3.8, 4) is 0 Å². The third-order valence-electron chi connectivity index (χ3n) is 2.24. The van der Waals surface area contributed by atoms with Gasteiger partial charge in [0.15, 0.2) is 0 Å². The summed E-state index contributed by atoms with van der Waals surface area (Å²) in [4.78, 5) is 10.5. The molecule has 19 heavy (non-hydrogen) atoms. The number of aliphatic carboxylic acids is 1. The Morgan fingerprint density at radius 3 is 2.32 bits per heavy atom. The van der Waals surface area contributed by atoms with Crippen LogP contribution in [0.5, 0.6) is 0 Å². The van der Waals surface area contributed by atoms with Gasteiger partial charge in [0.1, 0.15) is 0 Å². The van der Waals surface area contributed by atoms with E-state index in [4.69, 9.17) is 5.11 Å². The number of nitrogens with one attached hydrogen (secondary N) is 2. The summed E-state index contributed by atoms with van der Waals surface area (Å²) in [6.45, 7) is 4.17. The predicted octanol–water partition coefficient (Wildman–Crippen LogP) is 1.22. The first kappa shape index (κ1) is 15.5. The van der Waals surface area contributed by atoms with E-state index in [1.807, 2.05) is 13.8 Å². The molecule has 6 nitrogen and oxygen atoms in total. The molecule has 0 radical (unpaired) electrons. The van der Waals surface area contributed by atoms with Crippen LogP contribution in [0.25, 0.3) is 0 Å². The van der Waals surface area contributed by atoms with Crippen LogP contribution in [0.15, 0.2) is 24.3 Å². The van der Waals surface area contributed by atoms with Crippen LogP contribution in [-0.4, -0.2) is 26.0 Å². The number of carbonyl (C=O) groups is 1. The van der Waals surface area contributed by atoms with Crippen molar-refractivity contribution >= 4 is 21.9 Å². The highest BCUT2D eigenvalue weighted by molar-refractivity contribution is 7.90. The third-order valence-corrected chi connectivity index (χ3v) is 3.29. The third kappa shape index (κ3) is 6.21. The molecule has 0 bridgehead atoms. The Morgan fingerprint density at radius 1 is 1.26 bits per heavy atom. The molecule has 0 saturated heterocycles. The van der Waals surface area contributed by atoms with E-state index in [9.17, 15) is 13.2 Å². The van der Waals surface area contributed by atoms with Crippen LogP contribution in [0.2, 0.25) is 0 Å². The topological polar surface area (TPSA) is 95.5 Å². The van der Waals surface area contributed by atoms with Gasteiger partial charge >= 0.3 is 5.97 Å². The summed E-state index contributed by atoms with van der Waals surface area (Å²) in [6, 6.07) is 6.22. The van der Waals surface area contributed by atoms with Crippen LogP contribution in [0.4, 0.5) is 5.69 Å². The normalized spacial score (nSPS) is 11.5. The molecule has 7 heteroatoms. The van der Waals surface area contributed by atoms with E-state index in [-0.39, 0.29) is 12.3 Å². The lowest BCUT2D eigenvalue weighted by atomic mass is 10.1. The second-order valence-electron chi connectivity index (χ2n) is 4.62. The zero-order valence-corrected chi connectivity index (χ0v) is 11.7. The molecule has 0 spiro atoms. The average molecular weight is 286 g/mol. The molecular formula is C12H18N2O4S. The van der Waals surface area contributed by atoms with Crippen molar-refractivity contribution in [2.75, 3.05) is 11.3 Å². The minimum absolute atomic E-state index is 0.0847. The van der Waals surface area contributed by atoms with Gasteiger partial charge in [0.05, 0.1) is 6.42 Å². The predicted molar refractivity (Wildman–Crippen MR) is 73.2 cm³/mol. The maximum atomic E-state index is 11.7. The van der Waals surface area contributed by atoms with Gasteiger partial charge in [0.25, 0.3) is 10.2 Å². The van der Waals surface area contributed by atoms with Crippen LogP contribution < -0.4 is 9.44 Å². The molecule has 0 fully saturated rings. The quantitative estimate of drug-likeness (QED) is 0.702. The van der Waals surface area contributed by atoms with Crippen LogP contribution in [-0.2, 0) is 21.4 Å². The van der Waals surface area contributed by atoms with Crippen LogP contribution in [0.1, 0.15) is 19.4 Å². The largest absolute Gasteiger partial charge is 0.481 e. The molecule has 0 aliphatic heterocycles. The highest BCUT2D eigenvalue weighted by Crippen LogP contribution is 2.11. The highest BCUT2D eigenvalue weighted by Gasteiger charge is 2.10. The first-order valence-corrected chi connectivity index (χ1v) is 7.35. The molecule has 1 aromatic rings. The molecule has 0 aliphatic carbocycles. The van der Waals surface area contributed by atoms with E-state index in [0.29, 0.717) is 17.8 Å². The molecule has 0 aromatic heterocycles. The monoisotopic (exact) mass is 286 g/mol. The lowest BCUT2D eigenvalue weighted by Gasteiger charge is -2.11. The van der Waals surface area contributed by atoms with Gasteiger partial charge in [0, 0.05) is 12.2 Å². The Kier molecular flexibility index (Phi) is 5.31. The Hall–Kier alpha value is -1.60. The fourth-order valence-corrected chi connectivity index (χ4v) is 2.40. The van der Waals surface area contributed by atoms with E-state index in [2.05, 4.69) is 9.44 Å². The number of carboxylic acids is 1. The zero-order chi connectivity index (χ0) is 14.5. The van der Waals surface area contributed by atoms with Gasteiger partial charge in [-0.3, -0.25) is 9.52 Å². The summed E-state index contributed by atoms with van der Waals surface area (Å²) < 4.78 is 28.1.